The molecule has 2 N–H and O–H groups in total. The molecule has 0 amide bonds. The van der Waals surface area contributed by atoms with Gasteiger partial charge >= 0.3 is 0 Å². The Hall–Kier alpha value is -0.870. The summed E-state index contributed by atoms with van der Waals surface area (Å²) in [5.74, 6) is 1.10. The Morgan fingerprint density at radius 1 is 1.56 bits per heavy atom. The van der Waals surface area contributed by atoms with E-state index in [9.17, 15) is 0 Å². The molecule has 0 aromatic carbocycles. The third-order valence-corrected chi connectivity index (χ3v) is 2.63. The van der Waals surface area contributed by atoms with Crippen molar-refractivity contribution in [3.05, 3.63) is 18.2 Å². The van der Waals surface area contributed by atoms with E-state index in [1.807, 2.05) is 12.4 Å². The van der Waals surface area contributed by atoms with Gasteiger partial charge < -0.3 is 15.0 Å². The zero-order valence-electron chi connectivity index (χ0n) is 10.4. The first kappa shape index (κ1) is 13.2. The van der Waals surface area contributed by atoms with Gasteiger partial charge in [-0.2, -0.15) is 0 Å². The van der Waals surface area contributed by atoms with Crippen molar-refractivity contribution in [3.8, 4) is 0 Å². The second-order valence-electron chi connectivity index (χ2n) is 4.14. The molecule has 92 valence electrons. The van der Waals surface area contributed by atoms with E-state index in [4.69, 9.17) is 10.5 Å². The van der Waals surface area contributed by atoms with E-state index >= 15 is 0 Å². The van der Waals surface area contributed by atoms with Crippen molar-refractivity contribution in [2.24, 2.45) is 5.73 Å². The van der Waals surface area contributed by atoms with Crippen LogP contribution in [0.25, 0.3) is 0 Å². The van der Waals surface area contributed by atoms with Crippen LogP contribution >= 0.6 is 0 Å². The van der Waals surface area contributed by atoms with Gasteiger partial charge in [0.2, 0.25) is 0 Å². The van der Waals surface area contributed by atoms with Crippen LogP contribution in [0.3, 0.4) is 0 Å². The maximum Gasteiger partial charge on any atom is 0.110 e. The molecule has 0 saturated heterocycles. The summed E-state index contributed by atoms with van der Waals surface area (Å²) in [6, 6.07) is 0.188. The van der Waals surface area contributed by atoms with Gasteiger partial charge in [0, 0.05) is 45.1 Å². The Balaban J connectivity index is 2.36. The fourth-order valence-corrected chi connectivity index (χ4v) is 1.80. The van der Waals surface area contributed by atoms with Crippen LogP contribution in [0.5, 0.6) is 0 Å². The van der Waals surface area contributed by atoms with Crippen LogP contribution in [0.15, 0.2) is 12.4 Å². The van der Waals surface area contributed by atoms with Gasteiger partial charge in [0.15, 0.2) is 0 Å². The number of nitrogens with zero attached hydrogens (tertiary/aromatic N) is 2. The first-order valence-electron chi connectivity index (χ1n) is 6.02. The average Bonchev–Trinajstić information content (AvgIpc) is 2.67. The molecule has 1 rings (SSSR count). The van der Waals surface area contributed by atoms with Gasteiger partial charge in [-0.05, 0) is 19.3 Å². The van der Waals surface area contributed by atoms with Crippen LogP contribution in [0.4, 0.5) is 0 Å². The molecule has 0 bridgehead atoms. The highest BCUT2D eigenvalue weighted by Crippen LogP contribution is 2.05. The molecule has 4 nitrogen and oxygen atoms in total. The average molecular weight is 225 g/mol. The number of aromatic nitrogens is 2. The number of hydrogen-bond donors (Lipinski definition) is 1. The minimum atomic E-state index is 0.188. The minimum absolute atomic E-state index is 0.188. The second kappa shape index (κ2) is 7.41. The van der Waals surface area contributed by atoms with E-state index in [0.717, 1.165) is 44.7 Å². The molecule has 16 heavy (non-hydrogen) atoms. The van der Waals surface area contributed by atoms with Gasteiger partial charge in [-0.3, -0.25) is 0 Å². The van der Waals surface area contributed by atoms with E-state index in [2.05, 4.69) is 16.5 Å². The molecule has 1 unspecified atom stereocenters. The van der Waals surface area contributed by atoms with Crippen LogP contribution in [0, 0.1) is 0 Å². The molecule has 0 fully saturated rings. The third-order valence-electron chi connectivity index (χ3n) is 2.63. The molecule has 0 aliphatic carbocycles. The molecule has 0 spiro atoms. The Morgan fingerprint density at radius 3 is 3.06 bits per heavy atom. The van der Waals surface area contributed by atoms with E-state index in [-0.39, 0.29) is 6.04 Å². The molecule has 1 aromatic heterocycles. The number of imidazole rings is 1. The van der Waals surface area contributed by atoms with Crippen molar-refractivity contribution < 1.29 is 4.74 Å². The van der Waals surface area contributed by atoms with Crippen molar-refractivity contribution in [3.63, 3.8) is 0 Å². The van der Waals surface area contributed by atoms with Crippen LogP contribution in [0.1, 0.15) is 32.0 Å². The lowest BCUT2D eigenvalue weighted by atomic mass is 10.1. The lowest BCUT2D eigenvalue weighted by molar-refractivity contribution is 0.190. The summed E-state index contributed by atoms with van der Waals surface area (Å²) in [4.78, 5) is 4.35. The van der Waals surface area contributed by atoms with Crippen molar-refractivity contribution in [1.82, 2.24) is 9.55 Å². The Morgan fingerprint density at radius 2 is 2.38 bits per heavy atom. The predicted octanol–water partition coefficient (Wildman–Crippen LogP) is 1.59. The number of rotatable bonds is 8. The smallest absolute Gasteiger partial charge is 0.110 e. The lowest BCUT2D eigenvalue weighted by Crippen LogP contribution is -2.25. The van der Waals surface area contributed by atoms with E-state index in [1.54, 1.807) is 7.11 Å². The van der Waals surface area contributed by atoms with E-state index < -0.39 is 0 Å². The highest BCUT2D eigenvalue weighted by Gasteiger charge is 2.08. The summed E-state index contributed by atoms with van der Waals surface area (Å²) in [6.07, 6.45) is 7.88. The standard InChI is InChI=1S/C12H23N3O/c1-3-7-15-8-6-14-12(15)10-11(13)5-4-9-16-2/h6,8,11H,3-5,7,9-10,13H2,1-2H3. The molecular weight excluding hydrogens is 202 g/mol. The van der Waals surface area contributed by atoms with Gasteiger partial charge in [0.1, 0.15) is 5.82 Å². The van der Waals surface area contributed by atoms with E-state index in [0.29, 0.717) is 0 Å². The summed E-state index contributed by atoms with van der Waals surface area (Å²) in [7, 11) is 1.72. The normalized spacial score (nSPS) is 12.9. The maximum atomic E-state index is 6.06. The van der Waals surface area contributed by atoms with Crippen molar-refractivity contribution in [2.75, 3.05) is 13.7 Å². The lowest BCUT2D eigenvalue weighted by Gasteiger charge is -2.12. The zero-order valence-corrected chi connectivity index (χ0v) is 10.4. The van der Waals surface area contributed by atoms with E-state index in [1.165, 1.54) is 0 Å². The van der Waals surface area contributed by atoms with Crippen LogP contribution in [-0.4, -0.2) is 29.3 Å². The van der Waals surface area contributed by atoms with Crippen LogP contribution in [-0.2, 0) is 17.7 Å². The molecule has 1 atom stereocenters. The van der Waals surface area contributed by atoms with Gasteiger partial charge in [-0.1, -0.05) is 6.92 Å². The van der Waals surface area contributed by atoms with Gasteiger partial charge in [0.05, 0.1) is 0 Å². The van der Waals surface area contributed by atoms with Crippen molar-refractivity contribution in [1.29, 1.82) is 0 Å². The first-order valence-corrected chi connectivity index (χ1v) is 6.02. The Bertz CT molecular complexity index is 286. The number of hydrogen-bond acceptors (Lipinski definition) is 3. The topological polar surface area (TPSA) is 53.1 Å². The molecular formula is C12H23N3O. The number of aryl methyl sites for hydroxylation is 1. The predicted molar refractivity (Wildman–Crippen MR) is 65.3 cm³/mol. The van der Waals surface area contributed by atoms with Gasteiger partial charge in [-0.15, -0.1) is 0 Å². The van der Waals surface area contributed by atoms with Crippen molar-refractivity contribution in [2.45, 2.75) is 45.2 Å². The summed E-state index contributed by atoms with van der Waals surface area (Å²) >= 11 is 0. The fourth-order valence-electron chi connectivity index (χ4n) is 1.80. The summed E-state index contributed by atoms with van der Waals surface area (Å²) < 4.78 is 7.20. The van der Waals surface area contributed by atoms with Gasteiger partial charge in [-0.25, -0.2) is 4.98 Å². The molecule has 0 aliphatic rings. The quantitative estimate of drug-likeness (QED) is 0.684. The summed E-state index contributed by atoms with van der Waals surface area (Å²) in [5.41, 5.74) is 6.06. The molecule has 1 heterocycles. The Kier molecular flexibility index (Phi) is 6.11. The third kappa shape index (κ3) is 4.33. The fraction of sp³-hybridized carbons (Fsp3) is 0.750. The monoisotopic (exact) mass is 225 g/mol. The van der Waals surface area contributed by atoms with Crippen LogP contribution < -0.4 is 5.73 Å². The number of nitrogens with two attached hydrogens (primary N) is 1. The summed E-state index contributed by atoms with van der Waals surface area (Å²) in [5, 5.41) is 0. The second-order valence-corrected chi connectivity index (χ2v) is 4.14. The molecule has 0 aliphatic heterocycles. The number of ether oxygens (including phenoxy) is 1. The highest BCUT2D eigenvalue weighted by atomic mass is 16.5. The highest BCUT2D eigenvalue weighted by molar-refractivity contribution is 4.95. The largest absolute Gasteiger partial charge is 0.385 e. The molecule has 1 aromatic rings. The van der Waals surface area contributed by atoms with Crippen LogP contribution in [0.2, 0.25) is 0 Å². The molecule has 4 heteroatoms. The molecule has 0 radical (unpaired) electrons. The zero-order chi connectivity index (χ0) is 11.8. The minimum Gasteiger partial charge on any atom is -0.385 e. The Labute approximate surface area is 97.8 Å². The van der Waals surface area contributed by atoms with Crippen molar-refractivity contribution >= 4 is 0 Å². The summed E-state index contributed by atoms with van der Waals surface area (Å²) in [6.45, 7) is 3.99. The maximum absolute atomic E-state index is 6.06. The molecule has 0 saturated carbocycles. The van der Waals surface area contributed by atoms with Gasteiger partial charge in [0.25, 0.3) is 0 Å². The SMILES string of the molecule is CCCn1ccnc1CC(N)CCCOC. The first-order chi connectivity index (χ1) is 7.77. The number of methoxy groups -OCH3 is 1.